The molecule has 1 amide bonds. The molecule has 4 nitrogen and oxygen atoms in total. The van der Waals surface area contributed by atoms with Gasteiger partial charge in [0.1, 0.15) is 0 Å². The van der Waals surface area contributed by atoms with Gasteiger partial charge in [-0.1, -0.05) is 30.3 Å². The number of hydrogen-bond donors (Lipinski definition) is 1. The smallest absolute Gasteiger partial charge is 0.240 e. The van der Waals surface area contributed by atoms with Crippen LogP contribution in [-0.2, 0) is 14.8 Å². The minimum atomic E-state index is -3.48. The van der Waals surface area contributed by atoms with Gasteiger partial charge in [-0.3, -0.25) is 9.52 Å². The highest BCUT2D eigenvalue weighted by Crippen LogP contribution is 2.14. The molecule has 0 saturated carbocycles. The molecule has 1 N–H and O–H groups in total. The summed E-state index contributed by atoms with van der Waals surface area (Å²) < 4.78 is 23.6. The second-order valence-corrected chi connectivity index (χ2v) is 5.12. The highest BCUT2D eigenvalue weighted by atomic mass is 32.2. The number of nitrogens with one attached hydrogen (secondary N) is 1. The third kappa shape index (κ3) is 3.71. The van der Waals surface area contributed by atoms with Gasteiger partial charge in [-0.2, -0.15) is 0 Å². The summed E-state index contributed by atoms with van der Waals surface area (Å²) in [7, 11) is -3.48. The molecule has 5 heteroatoms. The zero-order valence-electron chi connectivity index (χ0n) is 8.60. The summed E-state index contributed by atoms with van der Waals surface area (Å²) >= 11 is 0. The minimum Gasteiger partial charge on any atom is -0.273 e. The lowest BCUT2D eigenvalue weighted by Crippen LogP contribution is -2.32. The Morgan fingerprint density at radius 3 is 2.27 bits per heavy atom. The van der Waals surface area contributed by atoms with Crippen LogP contribution in [0.25, 0.3) is 0 Å². The van der Waals surface area contributed by atoms with Crippen molar-refractivity contribution in [3.8, 4) is 0 Å². The van der Waals surface area contributed by atoms with Crippen LogP contribution in [0.4, 0.5) is 0 Å². The molecule has 0 aliphatic carbocycles. The number of amides is 1. The van der Waals surface area contributed by atoms with E-state index in [1.54, 1.807) is 31.2 Å². The SMILES string of the molecule is CC(C(=O)NS(C)(=O)=O)c1ccccc1. The number of carbonyl (C=O) groups is 1. The summed E-state index contributed by atoms with van der Waals surface area (Å²) in [5, 5.41) is 0. The Morgan fingerprint density at radius 2 is 1.80 bits per heavy atom. The van der Waals surface area contributed by atoms with E-state index in [0.29, 0.717) is 0 Å². The van der Waals surface area contributed by atoms with Gasteiger partial charge in [0.2, 0.25) is 15.9 Å². The van der Waals surface area contributed by atoms with Crippen molar-refractivity contribution in [1.29, 1.82) is 0 Å². The van der Waals surface area contributed by atoms with Crippen molar-refractivity contribution in [1.82, 2.24) is 4.72 Å². The Hall–Kier alpha value is -1.36. The molecule has 0 aliphatic rings. The van der Waals surface area contributed by atoms with Crippen molar-refractivity contribution < 1.29 is 13.2 Å². The zero-order valence-corrected chi connectivity index (χ0v) is 9.41. The van der Waals surface area contributed by atoms with Crippen LogP contribution in [0.5, 0.6) is 0 Å². The highest BCUT2D eigenvalue weighted by molar-refractivity contribution is 7.89. The predicted molar refractivity (Wildman–Crippen MR) is 57.8 cm³/mol. The minimum absolute atomic E-state index is 0.471. The Kier molecular flexibility index (Phi) is 3.47. The van der Waals surface area contributed by atoms with Gasteiger partial charge < -0.3 is 0 Å². The van der Waals surface area contributed by atoms with Gasteiger partial charge in [0.15, 0.2) is 0 Å². The second-order valence-electron chi connectivity index (χ2n) is 3.37. The summed E-state index contributed by atoms with van der Waals surface area (Å²) in [5.74, 6) is -0.982. The van der Waals surface area contributed by atoms with Crippen LogP contribution in [0.15, 0.2) is 30.3 Å². The van der Waals surface area contributed by atoms with Crippen LogP contribution < -0.4 is 4.72 Å². The average Bonchev–Trinajstić information content (AvgIpc) is 2.15. The summed E-state index contributed by atoms with van der Waals surface area (Å²) in [6.45, 7) is 1.66. The summed E-state index contributed by atoms with van der Waals surface area (Å²) in [4.78, 5) is 11.5. The standard InChI is InChI=1S/C10H13NO3S/c1-8(9-6-4-3-5-7-9)10(12)11-15(2,13)14/h3-8H,1-2H3,(H,11,12). The molecule has 0 saturated heterocycles. The van der Waals surface area contributed by atoms with Crippen LogP contribution in [0.1, 0.15) is 18.4 Å². The summed E-state index contributed by atoms with van der Waals surface area (Å²) in [6.07, 6.45) is 0.961. The molecule has 0 spiro atoms. The fourth-order valence-electron chi connectivity index (χ4n) is 1.16. The molecule has 1 rings (SSSR count). The molecule has 1 atom stereocenters. The largest absolute Gasteiger partial charge is 0.273 e. The first kappa shape index (κ1) is 11.7. The lowest BCUT2D eigenvalue weighted by Gasteiger charge is -2.10. The number of sulfonamides is 1. The van der Waals surface area contributed by atoms with Crippen molar-refractivity contribution >= 4 is 15.9 Å². The van der Waals surface area contributed by atoms with Gasteiger partial charge in [-0.05, 0) is 12.5 Å². The van der Waals surface area contributed by atoms with E-state index in [-0.39, 0.29) is 0 Å². The van der Waals surface area contributed by atoms with Crippen LogP contribution in [-0.4, -0.2) is 20.6 Å². The number of rotatable bonds is 3. The highest BCUT2D eigenvalue weighted by Gasteiger charge is 2.17. The lowest BCUT2D eigenvalue weighted by atomic mass is 10.0. The van der Waals surface area contributed by atoms with E-state index in [1.807, 2.05) is 10.8 Å². The van der Waals surface area contributed by atoms with E-state index < -0.39 is 21.8 Å². The lowest BCUT2D eigenvalue weighted by molar-refractivity contribution is -0.120. The van der Waals surface area contributed by atoms with Crippen molar-refractivity contribution in [3.05, 3.63) is 35.9 Å². The topological polar surface area (TPSA) is 63.2 Å². The van der Waals surface area contributed by atoms with Crippen molar-refractivity contribution in [3.63, 3.8) is 0 Å². The normalized spacial score (nSPS) is 13.2. The maximum absolute atomic E-state index is 11.5. The van der Waals surface area contributed by atoms with E-state index >= 15 is 0 Å². The van der Waals surface area contributed by atoms with Gasteiger partial charge >= 0.3 is 0 Å². The Morgan fingerprint density at radius 1 is 1.27 bits per heavy atom. The monoisotopic (exact) mass is 227 g/mol. The maximum Gasteiger partial charge on any atom is 0.240 e. The van der Waals surface area contributed by atoms with E-state index in [1.165, 1.54) is 0 Å². The van der Waals surface area contributed by atoms with Crippen molar-refractivity contribution in [2.75, 3.05) is 6.26 Å². The molecule has 0 heterocycles. The Labute approximate surface area is 89.4 Å². The predicted octanol–water partition coefficient (Wildman–Crippen LogP) is 0.866. The van der Waals surface area contributed by atoms with E-state index in [2.05, 4.69) is 0 Å². The van der Waals surface area contributed by atoms with Gasteiger partial charge in [-0.25, -0.2) is 8.42 Å². The van der Waals surface area contributed by atoms with Gasteiger partial charge in [0.25, 0.3) is 0 Å². The molecule has 1 aromatic rings. The van der Waals surface area contributed by atoms with Crippen molar-refractivity contribution in [2.24, 2.45) is 0 Å². The van der Waals surface area contributed by atoms with E-state index in [9.17, 15) is 13.2 Å². The molecule has 0 bridgehead atoms. The molecular weight excluding hydrogens is 214 g/mol. The molecule has 1 unspecified atom stereocenters. The zero-order chi connectivity index (χ0) is 11.5. The second kappa shape index (κ2) is 4.44. The quantitative estimate of drug-likeness (QED) is 0.833. The van der Waals surface area contributed by atoms with Gasteiger partial charge in [-0.15, -0.1) is 0 Å². The third-order valence-electron chi connectivity index (χ3n) is 1.98. The summed E-state index contributed by atoms with van der Waals surface area (Å²) in [6, 6.07) is 9.02. The van der Waals surface area contributed by atoms with E-state index in [0.717, 1.165) is 11.8 Å². The third-order valence-corrected chi connectivity index (χ3v) is 2.55. The molecule has 0 aliphatic heterocycles. The van der Waals surface area contributed by atoms with Crippen LogP contribution in [0.3, 0.4) is 0 Å². The first-order chi connectivity index (χ1) is 6.90. The number of hydrogen-bond acceptors (Lipinski definition) is 3. The molecule has 15 heavy (non-hydrogen) atoms. The van der Waals surface area contributed by atoms with Crippen LogP contribution in [0.2, 0.25) is 0 Å². The number of carbonyl (C=O) groups excluding carboxylic acids is 1. The first-order valence-electron chi connectivity index (χ1n) is 4.47. The number of benzene rings is 1. The molecule has 0 aromatic heterocycles. The van der Waals surface area contributed by atoms with E-state index in [4.69, 9.17) is 0 Å². The molecule has 0 radical (unpaired) electrons. The van der Waals surface area contributed by atoms with Crippen molar-refractivity contribution in [2.45, 2.75) is 12.8 Å². The maximum atomic E-state index is 11.5. The summed E-state index contributed by atoms with van der Waals surface area (Å²) in [5.41, 5.74) is 0.790. The fourth-order valence-corrected chi connectivity index (χ4v) is 1.71. The van der Waals surface area contributed by atoms with Crippen LogP contribution in [0, 0.1) is 0 Å². The average molecular weight is 227 g/mol. The molecular formula is C10H13NO3S. The molecule has 82 valence electrons. The first-order valence-corrected chi connectivity index (χ1v) is 6.36. The Balaban J connectivity index is 2.78. The van der Waals surface area contributed by atoms with Gasteiger partial charge in [0, 0.05) is 0 Å². The Bertz CT molecular complexity index is 439. The van der Waals surface area contributed by atoms with Crippen LogP contribution >= 0.6 is 0 Å². The molecule has 1 aromatic carbocycles. The molecule has 0 fully saturated rings. The fraction of sp³-hybridized carbons (Fsp3) is 0.300. The van der Waals surface area contributed by atoms with Gasteiger partial charge in [0.05, 0.1) is 12.2 Å².